The summed E-state index contributed by atoms with van der Waals surface area (Å²) in [5, 5.41) is 6.63. The highest BCUT2D eigenvalue weighted by Gasteiger charge is 2.04. The molecule has 0 saturated heterocycles. The Bertz CT molecular complexity index is 808. The number of aromatic nitrogens is 1. The molecule has 7 heteroatoms. The van der Waals surface area contributed by atoms with Gasteiger partial charge in [-0.15, -0.1) is 24.0 Å². The van der Waals surface area contributed by atoms with Crippen LogP contribution in [0.1, 0.15) is 43.5 Å². The summed E-state index contributed by atoms with van der Waals surface area (Å²) < 4.78 is 7.71. The van der Waals surface area contributed by atoms with Gasteiger partial charge in [0, 0.05) is 45.0 Å². The number of guanidine groups is 1. The van der Waals surface area contributed by atoms with Crippen LogP contribution in [0, 0.1) is 6.92 Å². The predicted octanol–water partition coefficient (Wildman–Crippen LogP) is 3.89. The first-order valence-electron chi connectivity index (χ1n) is 10.4. The Balaban J connectivity index is 0.00000450. The molecule has 2 aromatic rings. The molecule has 0 amide bonds. The SMILES string of the molecule is CN=C(NCCCCn1c(C)cccc1=O)NCCCOC(C)c1ccccc1.I. The molecule has 1 aromatic heterocycles. The molecule has 0 spiro atoms. The van der Waals surface area contributed by atoms with Gasteiger partial charge < -0.3 is 19.9 Å². The van der Waals surface area contributed by atoms with Crippen molar-refractivity contribution in [1.29, 1.82) is 0 Å². The minimum Gasteiger partial charge on any atom is -0.374 e. The molecule has 1 unspecified atom stereocenters. The Morgan fingerprint density at radius 2 is 1.73 bits per heavy atom. The summed E-state index contributed by atoms with van der Waals surface area (Å²) in [6, 6.07) is 15.6. The van der Waals surface area contributed by atoms with Crippen LogP contribution in [0.4, 0.5) is 0 Å². The van der Waals surface area contributed by atoms with E-state index in [4.69, 9.17) is 4.74 Å². The van der Waals surface area contributed by atoms with Crippen LogP contribution in [-0.4, -0.2) is 37.3 Å². The molecule has 6 nitrogen and oxygen atoms in total. The molecule has 166 valence electrons. The second-order valence-electron chi connectivity index (χ2n) is 7.07. The number of ether oxygens (including phenoxy) is 1. The fraction of sp³-hybridized carbons (Fsp3) is 0.478. The van der Waals surface area contributed by atoms with Gasteiger partial charge >= 0.3 is 0 Å². The molecule has 0 aliphatic rings. The summed E-state index contributed by atoms with van der Waals surface area (Å²) in [6.07, 6.45) is 2.93. The highest BCUT2D eigenvalue weighted by Crippen LogP contribution is 2.15. The largest absolute Gasteiger partial charge is 0.374 e. The zero-order valence-corrected chi connectivity index (χ0v) is 20.6. The molecule has 1 heterocycles. The van der Waals surface area contributed by atoms with Crippen molar-refractivity contribution < 1.29 is 4.74 Å². The Morgan fingerprint density at radius 1 is 1.03 bits per heavy atom. The third kappa shape index (κ3) is 9.30. The molecular formula is C23H35IN4O2. The van der Waals surface area contributed by atoms with Crippen LogP contribution >= 0.6 is 24.0 Å². The summed E-state index contributed by atoms with van der Waals surface area (Å²) >= 11 is 0. The number of hydrogen-bond donors (Lipinski definition) is 2. The molecule has 0 fully saturated rings. The van der Waals surface area contributed by atoms with Crippen molar-refractivity contribution in [2.45, 2.75) is 45.8 Å². The van der Waals surface area contributed by atoms with Gasteiger partial charge in [0.15, 0.2) is 5.96 Å². The third-order valence-corrected chi connectivity index (χ3v) is 4.84. The minimum atomic E-state index is 0. The molecular weight excluding hydrogens is 491 g/mol. The Labute approximate surface area is 197 Å². The van der Waals surface area contributed by atoms with Gasteiger partial charge in [0.05, 0.1) is 6.10 Å². The van der Waals surface area contributed by atoms with E-state index in [0.717, 1.165) is 50.6 Å². The number of unbranched alkanes of at least 4 members (excludes halogenated alkanes) is 1. The zero-order valence-electron chi connectivity index (χ0n) is 18.3. The monoisotopic (exact) mass is 526 g/mol. The number of rotatable bonds is 11. The fourth-order valence-corrected chi connectivity index (χ4v) is 3.09. The van der Waals surface area contributed by atoms with Crippen molar-refractivity contribution >= 4 is 29.9 Å². The Kier molecular flexibility index (Phi) is 13.1. The van der Waals surface area contributed by atoms with Crippen LogP contribution < -0.4 is 16.2 Å². The summed E-state index contributed by atoms with van der Waals surface area (Å²) in [4.78, 5) is 16.1. The lowest BCUT2D eigenvalue weighted by molar-refractivity contribution is 0.0646. The van der Waals surface area contributed by atoms with Gasteiger partial charge in [0.25, 0.3) is 5.56 Å². The van der Waals surface area contributed by atoms with Gasteiger partial charge in [-0.2, -0.15) is 0 Å². The first kappa shape index (κ1) is 26.2. The van der Waals surface area contributed by atoms with Gasteiger partial charge in [-0.1, -0.05) is 36.4 Å². The first-order chi connectivity index (χ1) is 14.1. The van der Waals surface area contributed by atoms with Gasteiger partial charge in [-0.25, -0.2) is 0 Å². The average Bonchev–Trinajstić information content (AvgIpc) is 2.74. The van der Waals surface area contributed by atoms with Crippen LogP contribution in [-0.2, 0) is 11.3 Å². The van der Waals surface area contributed by atoms with Crippen molar-refractivity contribution in [3.8, 4) is 0 Å². The Morgan fingerprint density at radius 3 is 2.40 bits per heavy atom. The molecule has 0 aliphatic heterocycles. The maximum Gasteiger partial charge on any atom is 0.250 e. The maximum absolute atomic E-state index is 11.9. The molecule has 2 N–H and O–H groups in total. The average molecular weight is 526 g/mol. The van der Waals surface area contributed by atoms with Crippen molar-refractivity contribution in [2.24, 2.45) is 4.99 Å². The van der Waals surface area contributed by atoms with E-state index >= 15 is 0 Å². The van der Waals surface area contributed by atoms with Crippen molar-refractivity contribution in [2.75, 3.05) is 26.7 Å². The van der Waals surface area contributed by atoms with Gasteiger partial charge in [0.2, 0.25) is 0 Å². The first-order valence-corrected chi connectivity index (χ1v) is 10.4. The number of hydrogen-bond acceptors (Lipinski definition) is 3. The van der Waals surface area contributed by atoms with Crippen LogP contribution in [0.25, 0.3) is 0 Å². The summed E-state index contributed by atoms with van der Waals surface area (Å²) in [7, 11) is 1.77. The molecule has 1 atom stereocenters. The molecule has 0 aliphatic carbocycles. The van der Waals surface area contributed by atoms with E-state index in [1.807, 2.05) is 35.8 Å². The number of halogens is 1. The van der Waals surface area contributed by atoms with Crippen LogP contribution in [0.15, 0.2) is 58.3 Å². The van der Waals surface area contributed by atoms with Crippen LogP contribution in [0.5, 0.6) is 0 Å². The summed E-state index contributed by atoms with van der Waals surface area (Å²) in [5.41, 5.74) is 2.27. The Hall–Kier alpha value is -1.87. The van der Waals surface area contributed by atoms with E-state index in [9.17, 15) is 4.79 Å². The number of pyridine rings is 1. The molecule has 0 bridgehead atoms. The van der Waals surface area contributed by atoms with E-state index in [-0.39, 0.29) is 35.6 Å². The van der Waals surface area contributed by atoms with Gasteiger partial charge in [-0.3, -0.25) is 9.79 Å². The number of aliphatic imine (C=N–C) groups is 1. The topological polar surface area (TPSA) is 67.7 Å². The van der Waals surface area contributed by atoms with E-state index in [0.29, 0.717) is 6.61 Å². The molecule has 2 rings (SSSR count). The maximum atomic E-state index is 11.9. The minimum absolute atomic E-state index is 0. The smallest absolute Gasteiger partial charge is 0.250 e. The normalized spacial score (nSPS) is 12.2. The predicted molar refractivity (Wildman–Crippen MR) is 135 cm³/mol. The number of nitrogens with zero attached hydrogens (tertiary/aromatic N) is 2. The molecule has 0 saturated carbocycles. The standard InChI is InChI=1S/C23H34N4O2.HI/c1-19-11-9-14-22(28)27(19)17-8-7-15-25-23(24-3)26-16-10-18-29-20(2)21-12-5-4-6-13-21;/h4-6,9,11-14,20H,7-8,10,15-18H2,1-3H3,(H2,24,25,26);1H. The summed E-state index contributed by atoms with van der Waals surface area (Å²) in [5.74, 6) is 0.800. The number of benzene rings is 1. The lowest BCUT2D eigenvalue weighted by atomic mass is 10.1. The van der Waals surface area contributed by atoms with Crippen molar-refractivity contribution in [1.82, 2.24) is 15.2 Å². The molecule has 1 aromatic carbocycles. The van der Waals surface area contributed by atoms with Gasteiger partial charge in [0.1, 0.15) is 0 Å². The molecule has 0 radical (unpaired) electrons. The quantitative estimate of drug-likeness (QED) is 0.202. The lowest BCUT2D eigenvalue weighted by Crippen LogP contribution is -2.38. The lowest BCUT2D eigenvalue weighted by Gasteiger charge is -2.15. The highest BCUT2D eigenvalue weighted by atomic mass is 127. The van der Waals surface area contributed by atoms with Crippen molar-refractivity contribution in [3.05, 3.63) is 70.1 Å². The van der Waals surface area contributed by atoms with E-state index in [2.05, 4.69) is 34.7 Å². The third-order valence-electron chi connectivity index (χ3n) is 4.84. The van der Waals surface area contributed by atoms with Crippen LogP contribution in [0.3, 0.4) is 0 Å². The van der Waals surface area contributed by atoms with Gasteiger partial charge in [-0.05, 0) is 44.7 Å². The second-order valence-corrected chi connectivity index (χ2v) is 7.07. The molecule has 30 heavy (non-hydrogen) atoms. The van der Waals surface area contributed by atoms with E-state index < -0.39 is 0 Å². The second kappa shape index (κ2) is 15.0. The van der Waals surface area contributed by atoms with E-state index in [1.54, 1.807) is 19.2 Å². The fourth-order valence-electron chi connectivity index (χ4n) is 3.09. The number of aryl methyl sites for hydroxylation is 1. The zero-order chi connectivity index (χ0) is 20.9. The van der Waals surface area contributed by atoms with Crippen molar-refractivity contribution in [3.63, 3.8) is 0 Å². The highest BCUT2D eigenvalue weighted by molar-refractivity contribution is 14.0. The summed E-state index contributed by atoms with van der Waals surface area (Å²) in [6.45, 7) is 7.12. The number of nitrogens with one attached hydrogen (secondary N) is 2. The van der Waals surface area contributed by atoms with E-state index in [1.165, 1.54) is 5.56 Å². The van der Waals surface area contributed by atoms with Crippen LogP contribution in [0.2, 0.25) is 0 Å².